The average Bonchev–Trinajstić information content (AvgIpc) is 3.19. The summed E-state index contributed by atoms with van der Waals surface area (Å²) in [7, 11) is 1.65. The highest BCUT2D eigenvalue weighted by molar-refractivity contribution is 7.18. The first-order valence-corrected chi connectivity index (χ1v) is 9.70. The fourth-order valence-electron chi connectivity index (χ4n) is 2.56. The van der Waals surface area contributed by atoms with Crippen molar-refractivity contribution in [1.82, 2.24) is 9.88 Å². The number of ether oxygens (including phenoxy) is 2. The van der Waals surface area contributed by atoms with Crippen molar-refractivity contribution >= 4 is 33.4 Å². The zero-order valence-corrected chi connectivity index (χ0v) is 16.8. The Morgan fingerprint density at radius 2 is 1.90 bits per heavy atom. The first-order chi connectivity index (χ1) is 14.0. The first-order valence-electron chi connectivity index (χ1n) is 8.88. The van der Waals surface area contributed by atoms with E-state index >= 15 is 0 Å². The molecule has 0 unspecified atom stereocenters. The van der Waals surface area contributed by atoms with E-state index in [1.54, 1.807) is 31.3 Å². The molecule has 7 nitrogen and oxygen atoms in total. The SMILES string of the molecule is C[C@H](c1nc2ccccc2s1)N(C)C(=O)COC(=O)COc1ccccc1C#N. The fraction of sp³-hybridized carbons (Fsp3) is 0.238. The van der Waals surface area contributed by atoms with Crippen molar-refractivity contribution in [3.05, 3.63) is 59.1 Å². The summed E-state index contributed by atoms with van der Waals surface area (Å²) >= 11 is 1.53. The van der Waals surface area contributed by atoms with Gasteiger partial charge in [0.15, 0.2) is 13.2 Å². The summed E-state index contributed by atoms with van der Waals surface area (Å²) in [4.78, 5) is 30.3. The van der Waals surface area contributed by atoms with E-state index in [0.717, 1.165) is 15.2 Å². The number of hydrogen-bond acceptors (Lipinski definition) is 7. The lowest BCUT2D eigenvalue weighted by atomic mass is 10.2. The summed E-state index contributed by atoms with van der Waals surface area (Å²) in [5.74, 6) is -0.741. The maximum atomic E-state index is 12.4. The van der Waals surface area contributed by atoms with Gasteiger partial charge in [-0.05, 0) is 31.2 Å². The minimum atomic E-state index is -0.688. The van der Waals surface area contributed by atoms with E-state index in [4.69, 9.17) is 14.7 Å². The summed E-state index contributed by atoms with van der Waals surface area (Å²) in [6.45, 7) is 1.09. The van der Waals surface area contributed by atoms with Crippen LogP contribution in [0.5, 0.6) is 5.75 Å². The second kappa shape index (κ2) is 9.17. The van der Waals surface area contributed by atoms with Gasteiger partial charge in [0.2, 0.25) is 0 Å². The van der Waals surface area contributed by atoms with Crippen LogP contribution in [0.4, 0.5) is 0 Å². The minimum absolute atomic E-state index is 0.252. The quantitative estimate of drug-likeness (QED) is 0.556. The second-order valence-corrected chi connectivity index (χ2v) is 7.32. The van der Waals surface area contributed by atoms with E-state index in [9.17, 15) is 9.59 Å². The van der Waals surface area contributed by atoms with Gasteiger partial charge < -0.3 is 14.4 Å². The van der Waals surface area contributed by atoms with E-state index < -0.39 is 12.6 Å². The Labute approximate surface area is 172 Å². The number of carbonyl (C=O) groups excluding carboxylic acids is 2. The first kappa shape index (κ1) is 20.3. The highest BCUT2D eigenvalue weighted by atomic mass is 32.1. The van der Waals surface area contributed by atoms with Gasteiger partial charge in [0.1, 0.15) is 16.8 Å². The highest BCUT2D eigenvalue weighted by Crippen LogP contribution is 2.28. The van der Waals surface area contributed by atoms with Crippen molar-refractivity contribution in [3.63, 3.8) is 0 Å². The molecule has 0 spiro atoms. The molecular formula is C21H19N3O4S. The van der Waals surface area contributed by atoms with Gasteiger partial charge in [-0.15, -0.1) is 11.3 Å². The fourth-order valence-corrected chi connectivity index (χ4v) is 3.62. The topological polar surface area (TPSA) is 92.5 Å². The Kier molecular flexibility index (Phi) is 6.42. The third kappa shape index (κ3) is 4.89. The van der Waals surface area contributed by atoms with Gasteiger partial charge in [-0.3, -0.25) is 4.79 Å². The van der Waals surface area contributed by atoms with Crippen LogP contribution >= 0.6 is 11.3 Å². The Morgan fingerprint density at radius 3 is 2.66 bits per heavy atom. The summed E-state index contributed by atoms with van der Waals surface area (Å²) in [6, 6.07) is 16.1. The second-order valence-electron chi connectivity index (χ2n) is 6.26. The molecule has 3 rings (SSSR count). The van der Waals surface area contributed by atoms with Crippen LogP contribution in [0.1, 0.15) is 23.5 Å². The van der Waals surface area contributed by atoms with Crippen LogP contribution in [0.3, 0.4) is 0 Å². The lowest BCUT2D eigenvalue weighted by molar-refractivity contribution is -0.153. The molecule has 148 valence electrons. The molecule has 0 aliphatic rings. The smallest absolute Gasteiger partial charge is 0.344 e. The van der Waals surface area contributed by atoms with Gasteiger partial charge in [-0.2, -0.15) is 5.26 Å². The van der Waals surface area contributed by atoms with E-state index in [0.29, 0.717) is 11.3 Å². The Balaban J connectivity index is 1.51. The molecule has 0 saturated heterocycles. The van der Waals surface area contributed by atoms with Crippen molar-refractivity contribution in [3.8, 4) is 11.8 Å². The lowest BCUT2D eigenvalue weighted by Gasteiger charge is -2.23. The molecule has 0 bridgehead atoms. The van der Waals surface area contributed by atoms with Crippen LogP contribution in [-0.2, 0) is 14.3 Å². The molecule has 0 radical (unpaired) electrons. The van der Waals surface area contributed by atoms with E-state index in [1.807, 2.05) is 37.3 Å². The molecule has 8 heteroatoms. The van der Waals surface area contributed by atoms with E-state index in [-0.39, 0.29) is 18.6 Å². The minimum Gasteiger partial charge on any atom is -0.481 e. The third-order valence-corrected chi connectivity index (χ3v) is 5.56. The summed E-state index contributed by atoms with van der Waals surface area (Å²) in [6.07, 6.45) is 0. The van der Waals surface area contributed by atoms with Crippen molar-refractivity contribution in [2.45, 2.75) is 13.0 Å². The number of amides is 1. The van der Waals surface area contributed by atoms with Gasteiger partial charge >= 0.3 is 5.97 Å². The van der Waals surface area contributed by atoms with Crippen molar-refractivity contribution in [2.75, 3.05) is 20.3 Å². The van der Waals surface area contributed by atoms with Crippen LogP contribution in [0.15, 0.2) is 48.5 Å². The maximum Gasteiger partial charge on any atom is 0.344 e. The lowest BCUT2D eigenvalue weighted by Crippen LogP contribution is -2.34. The van der Waals surface area contributed by atoms with Crippen LogP contribution in [0.25, 0.3) is 10.2 Å². The Bertz CT molecular complexity index is 1040. The molecule has 0 fully saturated rings. The van der Waals surface area contributed by atoms with Crippen molar-refractivity contribution in [1.29, 1.82) is 5.26 Å². The van der Waals surface area contributed by atoms with Gasteiger partial charge in [-0.1, -0.05) is 24.3 Å². The van der Waals surface area contributed by atoms with E-state index in [2.05, 4.69) is 4.98 Å². The Morgan fingerprint density at radius 1 is 1.17 bits per heavy atom. The number of benzene rings is 2. The van der Waals surface area contributed by atoms with Crippen LogP contribution < -0.4 is 4.74 Å². The van der Waals surface area contributed by atoms with Crippen molar-refractivity contribution in [2.24, 2.45) is 0 Å². The van der Waals surface area contributed by atoms with Gasteiger partial charge in [-0.25, -0.2) is 9.78 Å². The van der Waals surface area contributed by atoms with E-state index in [1.165, 1.54) is 16.2 Å². The van der Waals surface area contributed by atoms with Gasteiger partial charge in [0.05, 0.1) is 21.8 Å². The van der Waals surface area contributed by atoms with Crippen molar-refractivity contribution < 1.29 is 19.1 Å². The number of esters is 1. The zero-order chi connectivity index (χ0) is 20.8. The molecule has 1 atom stereocenters. The number of hydrogen-bond donors (Lipinski definition) is 0. The number of nitrogens with zero attached hydrogens (tertiary/aromatic N) is 3. The number of para-hydroxylation sites is 2. The molecule has 1 heterocycles. The summed E-state index contributed by atoms with van der Waals surface area (Å²) in [5, 5.41) is 9.82. The third-order valence-electron chi connectivity index (χ3n) is 4.35. The highest BCUT2D eigenvalue weighted by Gasteiger charge is 2.22. The molecule has 0 aliphatic carbocycles. The predicted molar refractivity (Wildman–Crippen MR) is 108 cm³/mol. The maximum absolute atomic E-state index is 12.4. The molecule has 2 aromatic carbocycles. The molecule has 0 N–H and O–H groups in total. The van der Waals surface area contributed by atoms with Gasteiger partial charge in [0, 0.05) is 7.05 Å². The number of likely N-dealkylation sites (N-methyl/N-ethyl adjacent to an activating group) is 1. The number of aromatic nitrogens is 1. The normalized spacial score (nSPS) is 11.5. The number of fused-ring (bicyclic) bond motifs is 1. The standard InChI is InChI=1S/C21H19N3O4S/c1-14(21-23-16-8-4-6-10-18(16)29-21)24(2)19(25)12-28-20(26)13-27-17-9-5-3-7-15(17)11-22/h3-10,14H,12-13H2,1-2H3/t14-/m1/s1. The summed E-state index contributed by atoms with van der Waals surface area (Å²) < 4.78 is 11.4. The molecule has 0 saturated carbocycles. The number of nitriles is 1. The average molecular weight is 409 g/mol. The van der Waals surface area contributed by atoms with Gasteiger partial charge in [0.25, 0.3) is 5.91 Å². The van der Waals surface area contributed by atoms with Crippen LogP contribution in [0, 0.1) is 11.3 Å². The van der Waals surface area contributed by atoms with Crippen LogP contribution in [0.2, 0.25) is 0 Å². The molecule has 0 aliphatic heterocycles. The Hall–Kier alpha value is -3.44. The zero-order valence-electron chi connectivity index (χ0n) is 16.0. The number of carbonyl (C=O) groups is 2. The molecular weight excluding hydrogens is 390 g/mol. The van der Waals surface area contributed by atoms with Crippen LogP contribution in [-0.4, -0.2) is 42.0 Å². The molecule has 3 aromatic rings. The number of rotatable bonds is 7. The molecule has 1 aromatic heterocycles. The molecule has 29 heavy (non-hydrogen) atoms. The molecule has 1 amide bonds. The number of thiazole rings is 1. The monoisotopic (exact) mass is 409 g/mol. The summed E-state index contributed by atoms with van der Waals surface area (Å²) in [5.41, 5.74) is 1.21. The predicted octanol–water partition coefficient (Wildman–Crippen LogP) is 3.31. The largest absolute Gasteiger partial charge is 0.481 e.